The second-order valence-corrected chi connectivity index (χ2v) is 5.50. The van der Waals surface area contributed by atoms with Gasteiger partial charge in [0.25, 0.3) is 0 Å². The average molecular weight is 363 g/mol. The van der Waals surface area contributed by atoms with E-state index in [0.29, 0.717) is 0 Å². The fourth-order valence-electron chi connectivity index (χ4n) is 2.44. The van der Waals surface area contributed by atoms with Crippen LogP contribution in [0.25, 0.3) is 0 Å². The van der Waals surface area contributed by atoms with Gasteiger partial charge in [0.15, 0.2) is 6.10 Å². The van der Waals surface area contributed by atoms with Crippen LogP contribution in [0, 0.1) is 0 Å². The molecular weight excluding hydrogens is 334 g/mol. The van der Waals surface area contributed by atoms with E-state index < -0.39 is 36.3 Å². The third kappa shape index (κ3) is 7.80. The van der Waals surface area contributed by atoms with Gasteiger partial charge in [-0.1, -0.05) is 0 Å². The average Bonchev–Trinajstić information content (AvgIpc) is 2.52. The van der Waals surface area contributed by atoms with E-state index >= 15 is 0 Å². The minimum Gasteiger partial charge on any atom is -0.464 e. The second-order valence-electron chi connectivity index (χ2n) is 5.50. The summed E-state index contributed by atoms with van der Waals surface area (Å²) < 4.78 is 26.4. The molecule has 0 saturated heterocycles. The lowest BCUT2D eigenvalue weighted by Gasteiger charge is -2.38. The monoisotopic (exact) mass is 363 g/mol. The molecule has 0 spiro atoms. The Balaban J connectivity index is 5.62. The van der Waals surface area contributed by atoms with Gasteiger partial charge in [-0.3, -0.25) is 14.4 Å². The molecule has 0 N–H and O–H groups in total. The number of nitrogens with zero attached hydrogens (tertiary/aromatic N) is 1. The van der Waals surface area contributed by atoms with Crippen molar-refractivity contribution in [3.63, 3.8) is 0 Å². The Morgan fingerprint density at radius 3 is 1.80 bits per heavy atom. The zero-order valence-electron chi connectivity index (χ0n) is 15.9. The summed E-state index contributed by atoms with van der Waals surface area (Å²) in [7, 11) is 5.89. The summed E-state index contributed by atoms with van der Waals surface area (Å²) >= 11 is 0. The highest BCUT2D eigenvalue weighted by atomic mass is 16.6. The summed E-state index contributed by atoms with van der Waals surface area (Å²) in [5.74, 6) is -1.24. The summed E-state index contributed by atoms with van der Waals surface area (Å²) in [4.78, 5) is 35.8. The lowest BCUT2D eigenvalue weighted by Crippen LogP contribution is -2.57. The molecule has 9 heteroatoms. The molecule has 9 nitrogen and oxygen atoms in total. The van der Waals surface area contributed by atoms with E-state index in [0.717, 1.165) is 0 Å². The smallest absolute Gasteiger partial charge is 0.303 e. The summed E-state index contributed by atoms with van der Waals surface area (Å²) in [5, 5.41) is 0. The maximum atomic E-state index is 11.8. The molecule has 0 bridgehead atoms. The number of hydrogen-bond acceptors (Lipinski definition) is 8. The van der Waals surface area contributed by atoms with Crippen molar-refractivity contribution in [3.05, 3.63) is 0 Å². The van der Waals surface area contributed by atoms with Crippen molar-refractivity contribution in [2.45, 2.75) is 45.1 Å². The van der Waals surface area contributed by atoms with E-state index in [1.165, 1.54) is 47.0 Å². The van der Waals surface area contributed by atoms with Crippen molar-refractivity contribution in [3.8, 4) is 0 Å². The highest BCUT2D eigenvalue weighted by Gasteiger charge is 2.40. The summed E-state index contributed by atoms with van der Waals surface area (Å²) in [6.07, 6.45) is -2.26. The highest BCUT2D eigenvalue weighted by Crippen LogP contribution is 2.19. The first kappa shape index (κ1) is 23.3. The second kappa shape index (κ2) is 11.8. The maximum Gasteiger partial charge on any atom is 0.303 e. The van der Waals surface area contributed by atoms with Crippen LogP contribution >= 0.6 is 0 Å². The Bertz CT molecular complexity index is 442. The molecule has 25 heavy (non-hydrogen) atoms. The third-order valence-corrected chi connectivity index (χ3v) is 3.71. The first-order chi connectivity index (χ1) is 11.7. The van der Waals surface area contributed by atoms with Gasteiger partial charge in [0.2, 0.25) is 5.91 Å². The van der Waals surface area contributed by atoms with Gasteiger partial charge in [-0.05, 0) is 0 Å². The van der Waals surface area contributed by atoms with Crippen molar-refractivity contribution < 1.29 is 38.1 Å². The molecule has 0 rings (SSSR count). The molecule has 0 aliphatic carbocycles. The molecular formula is C16H29NO8. The Morgan fingerprint density at radius 2 is 1.44 bits per heavy atom. The molecule has 0 heterocycles. The number of rotatable bonds is 11. The molecule has 0 aromatic rings. The van der Waals surface area contributed by atoms with Gasteiger partial charge >= 0.3 is 11.9 Å². The van der Waals surface area contributed by atoms with Crippen molar-refractivity contribution in [1.29, 1.82) is 0 Å². The van der Waals surface area contributed by atoms with Gasteiger partial charge in [0.1, 0.15) is 18.8 Å². The van der Waals surface area contributed by atoms with Gasteiger partial charge < -0.3 is 28.6 Å². The van der Waals surface area contributed by atoms with Crippen molar-refractivity contribution in [2.75, 3.05) is 41.6 Å². The number of methoxy groups -OCH3 is 3. The molecule has 0 aliphatic rings. The fourth-order valence-corrected chi connectivity index (χ4v) is 2.44. The number of carbonyl (C=O) groups excluding carboxylic acids is 3. The largest absolute Gasteiger partial charge is 0.464 e. The summed E-state index contributed by atoms with van der Waals surface area (Å²) in [5.41, 5.74) is 0. The van der Waals surface area contributed by atoms with Crippen molar-refractivity contribution >= 4 is 17.8 Å². The fraction of sp³-hybridized carbons (Fsp3) is 0.812. The Kier molecular flexibility index (Phi) is 11.0. The molecule has 0 aromatic carbocycles. The van der Waals surface area contributed by atoms with E-state index in [4.69, 9.17) is 23.7 Å². The van der Waals surface area contributed by atoms with Crippen LogP contribution in [0.3, 0.4) is 0 Å². The molecule has 0 aliphatic heterocycles. The van der Waals surface area contributed by atoms with Gasteiger partial charge in [-0.25, -0.2) is 0 Å². The lowest BCUT2D eigenvalue weighted by molar-refractivity contribution is -0.178. The first-order valence-corrected chi connectivity index (χ1v) is 7.78. The lowest BCUT2D eigenvalue weighted by atomic mass is 9.99. The Labute approximate surface area is 148 Å². The van der Waals surface area contributed by atoms with Crippen LogP contribution in [0.5, 0.6) is 0 Å². The quantitative estimate of drug-likeness (QED) is 0.473. The normalized spacial score (nSPS) is 15.6. The summed E-state index contributed by atoms with van der Waals surface area (Å²) in [6.45, 7) is 3.90. The zero-order chi connectivity index (χ0) is 19.6. The topological polar surface area (TPSA) is 101 Å². The van der Waals surface area contributed by atoms with Crippen LogP contribution < -0.4 is 0 Å². The molecule has 4 atom stereocenters. The molecule has 0 radical (unpaired) electrons. The number of amides is 1. The predicted molar refractivity (Wildman–Crippen MR) is 87.9 cm³/mol. The maximum absolute atomic E-state index is 11.8. The zero-order valence-corrected chi connectivity index (χ0v) is 15.9. The van der Waals surface area contributed by atoms with Crippen LogP contribution in [0.1, 0.15) is 20.8 Å². The predicted octanol–water partition coefficient (Wildman–Crippen LogP) is 0.00450. The van der Waals surface area contributed by atoms with Gasteiger partial charge in [-0.15, -0.1) is 0 Å². The molecule has 0 aromatic heterocycles. The molecule has 1 amide bonds. The summed E-state index contributed by atoms with van der Waals surface area (Å²) in [6, 6.07) is -0.647. The molecule has 0 saturated carbocycles. The van der Waals surface area contributed by atoms with Crippen molar-refractivity contribution in [1.82, 2.24) is 4.90 Å². The van der Waals surface area contributed by atoms with E-state index in [2.05, 4.69) is 0 Å². The minimum atomic E-state index is -0.766. The number of esters is 2. The first-order valence-electron chi connectivity index (χ1n) is 7.78. The number of carbonyl (C=O) groups is 3. The van der Waals surface area contributed by atoms with Crippen LogP contribution in [0.2, 0.25) is 0 Å². The SMILES string of the molecule is COC[C@@H](OC(C)=O)[C@H](OC)[C@H](OC)[C@H](COC(C)=O)N(C)C(C)=O. The molecule has 146 valence electrons. The van der Waals surface area contributed by atoms with Gasteiger partial charge in [-0.2, -0.15) is 0 Å². The van der Waals surface area contributed by atoms with E-state index in [1.807, 2.05) is 0 Å². The Hall–Kier alpha value is -1.71. The van der Waals surface area contributed by atoms with E-state index in [9.17, 15) is 14.4 Å². The number of likely N-dealkylation sites (N-methyl/N-ethyl adjacent to an activating group) is 1. The molecule has 0 fully saturated rings. The molecule has 0 unspecified atom stereocenters. The minimum absolute atomic E-state index is 0.0714. The number of ether oxygens (including phenoxy) is 5. The third-order valence-electron chi connectivity index (χ3n) is 3.71. The van der Waals surface area contributed by atoms with Crippen LogP contribution in [-0.4, -0.2) is 88.7 Å². The van der Waals surface area contributed by atoms with Gasteiger partial charge in [0.05, 0.1) is 12.6 Å². The van der Waals surface area contributed by atoms with Crippen LogP contribution in [0.15, 0.2) is 0 Å². The standard InChI is InChI=1S/C16H29NO8/c1-10(18)17(4)13(8-24-11(2)19)15(22-6)16(23-7)14(9-21-5)25-12(3)20/h13-16H,8-9H2,1-7H3/t13-,14+,15+,16-/m0/s1. The van der Waals surface area contributed by atoms with Gasteiger partial charge in [0, 0.05) is 49.1 Å². The van der Waals surface area contributed by atoms with E-state index in [-0.39, 0.29) is 19.1 Å². The highest BCUT2D eigenvalue weighted by molar-refractivity contribution is 5.73. The number of hydrogen-bond donors (Lipinski definition) is 0. The van der Waals surface area contributed by atoms with E-state index in [1.54, 1.807) is 7.05 Å². The van der Waals surface area contributed by atoms with Crippen LogP contribution in [-0.2, 0) is 38.1 Å². The van der Waals surface area contributed by atoms with Crippen molar-refractivity contribution in [2.24, 2.45) is 0 Å². The van der Waals surface area contributed by atoms with Crippen LogP contribution in [0.4, 0.5) is 0 Å². The Morgan fingerprint density at radius 1 is 0.880 bits per heavy atom.